The van der Waals surface area contributed by atoms with E-state index >= 15 is 0 Å². The number of aryl methyl sites for hydroxylation is 1. The number of para-hydroxylation sites is 1. The molecule has 3 rings (SSSR count). The SMILES string of the molecule is CCCCCn1cnc2c(NCc3cccc(Cl)c3O)nc(NC(C)CC(C)(C)O)nc21. The summed E-state index contributed by atoms with van der Waals surface area (Å²) >= 11 is 6.04. The summed E-state index contributed by atoms with van der Waals surface area (Å²) in [6, 6.07) is 5.21. The van der Waals surface area contributed by atoms with Crippen LogP contribution in [-0.2, 0) is 13.1 Å². The van der Waals surface area contributed by atoms with Crippen LogP contribution in [0.15, 0.2) is 24.5 Å². The van der Waals surface area contributed by atoms with E-state index in [-0.39, 0.29) is 11.8 Å². The summed E-state index contributed by atoms with van der Waals surface area (Å²) in [4.78, 5) is 13.9. The second kappa shape index (κ2) is 10.4. The number of unbranched alkanes of at least 4 members (excludes halogenated alkanes) is 2. The van der Waals surface area contributed by atoms with E-state index in [9.17, 15) is 10.2 Å². The third-order valence-corrected chi connectivity index (χ3v) is 5.47. The van der Waals surface area contributed by atoms with Crippen LogP contribution < -0.4 is 10.6 Å². The molecular weight excluding hydrogens is 428 g/mol. The van der Waals surface area contributed by atoms with Crippen LogP contribution in [-0.4, -0.2) is 41.4 Å². The lowest BCUT2D eigenvalue weighted by Crippen LogP contribution is -2.29. The number of phenolic OH excluding ortho intramolecular Hbond substituents is 1. The Balaban J connectivity index is 1.90. The van der Waals surface area contributed by atoms with Crippen molar-refractivity contribution in [2.45, 2.75) is 78.1 Å². The monoisotopic (exact) mass is 460 g/mol. The molecule has 0 saturated heterocycles. The first-order valence-corrected chi connectivity index (χ1v) is 11.5. The fourth-order valence-electron chi connectivity index (χ4n) is 3.73. The Bertz CT molecular complexity index is 1050. The Morgan fingerprint density at radius 1 is 1.22 bits per heavy atom. The van der Waals surface area contributed by atoms with Crippen LogP contribution in [0.2, 0.25) is 5.02 Å². The lowest BCUT2D eigenvalue weighted by Gasteiger charge is -2.23. The minimum atomic E-state index is -0.802. The molecule has 32 heavy (non-hydrogen) atoms. The first-order valence-electron chi connectivity index (χ1n) is 11.1. The normalized spacial score (nSPS) is 12.8. The van der Waals surface area contributed by atoms with Gasteiger partial charge < -0.3 is 25.4 Å². The van der Waals surface area contributed by atoms with Crippen LogP contribution in [0.4, 0.5) is 11.8 Å². The molecule has 1 aromatic carbocycles. The van der Waals surface area contributed by atoms with E-state index in [0.717, 1.165) is 31.5 Å². The molecule has 8 nitrogen and oxygen atoms in total. The van der Waals surface area contributed by atoms with Gasteiger partial charge in [-0.25, -0.2) is 4.98 Å². The van der Waals surface area contributed by atoms with Gasteiger partial charge in [0.15, 0.2) is 17.0 Å². The van der Waals surface area contributed by atoms with Crippen molar-refractivity contribution in [1.29, 1.82) is 0 Å². The van der Waals surface area contributed by atoms with Gasteiger partial charge in [0, 0.05) is 24.7 Å². The van der Waals surface area contributed by atoms with Crippen molar-refractivity contribution in [3.63, 3.8) is 0 Å². The van der Waals surface area contributed by atoms with E-state index in [1.54, 1.807) is 38.4 Å². The van der Waals surface area contributed by atoms with Crippen molar-refractivity contribution in [2.75, 3.05) is 10.6 Å². The van der Waals surface area contributed by atoms with Crippen molar-refractivity contribution in [2.24, 2.45) is 0 Å². The highest BCUT2D eigenvalue weighted by Gasteiger charge is 2.20. The highest BCUT2D eigenvalue weighted by Crippen LogP contribution is 2.29. The van der Waals surface area contributed by atoms with Crippen LogP contribution in [0, 0.1) is 0 Å². The minimum absolute atomic E-state index is 0.0336. The number of anilines is 2. The Morgan fingerprint density at radius 2 is 2.00 bits per heavy atom. The minimum Gasteiger partial charge on any atom is -0.506 e. The third-order valence-electron chi connectivity index (χ3n) is 5.16. The molecule has 0 fully saturated rings. The Kier molecular flexibility index (Phi) is 7.79. The molecule has 3 aromatic rings. The molecule has 0 aliphatic carbocycles. The second-order valence-electron chi connectivity index (χ2n) is 8.88. The number of aliphatic hydroxyl groups is 1. The number of aromatic hydroxyl groups is 1. The summed E-state index contributed by atoms with van der Waals surface area (Å²) in [6.45, 7) is 8.88. The number of phenols is 1. The quantitative estimate of drug-likeness (QED) is 0.300. The fraction of sp³-hybridized carbons (Fsp3) is 0.522. The highest BCUT2D eigenvalue weighted by molar-refractivity contribution is 6.32. The molecule has 0 aliphatic heterocycles. The molecule has 4 N–H and O–H groups in total. The van der Waals surface area contributed by atoms with Crippen LogP contribution in [0.5, 0.6) is 5.75 Å². The van der Waals surface area contributed by atoms with Gasteiger partial charge in [-0.2, -0.15) is 9.97 Å². The van der Waals surface area contributed by atoms with Crippen LogP contribution in [0.3, 0.4) is 0 Å². The van der Waals surface area contributed by atoms with E-state index < -0.39 is 5.60 Å². The standard InChI is InChI=1S/C23H33ClN6O2/c1-5-6-7-11-30-14-26-18-20(25-13-16-9-8-10-17(24)19(16)31)28-22(29-21(18)30)27-15(2)12-23(3,4)32/h8-10,14-15,31-32H,5-7,11-13H2,1-4H3,(H2,25,27,28,29). The number of hydrogen-bond donors (Lipinski definition) is 4. The molecule has 2 aromatic heterocycles. The van der Waals surface area contributed by atoms with E-state index in [2.05, 4.69) is 27.5 Å². The molecule has 0 amide bonds. The van der Waals surface area contributed by atoms with Crippen molar-refractivity contribution in [1.82, 2.24) is 19.5 Å². The summed E-state index contributed by atoms with van der Waals surface area (Å²) in [5, 5.41) is 27.3. The molecular formula is C23H33ClN6O2. The number of imidazole rings is 1. The zero-order valence-corrected chi connectivity index (χ0v) is 19.9. The first kappa shape index (κ1) is 24.1. The number of aromatic nitrogens is 4. The average molecular weight is 461 g/mol. The maximum atomic E-state index is 10.2. The maximum Gasteiger partial charge on any atom is 0.226 e. The Hall–Kier alpha value is -2.58. The topological polar surface area (TPSA) is 108 Å². The number of nitrogens with one attached hydrogen (secondary N) is 2. The van der Waals surface area contributed by atoms with Crippen LogP contribution >= 0.6 is 11.6 Å². The predicted molar refractivity (Wildman–Crippen MR) is 129 cm³/mol. The van der Waals surface area contributed by atoms with Crippen molar-refractivity contribution in [3.8, 4) is 5.75 Å². The summed E-state index contributed by atoms with van der Waals surface area (Å²) < 4.78 is 2.04. The summed E-state index contributed by atoms with van der Waals surface area (Å²) in [7, 11) is 0. The summed E-state index contributed by atoms with van der Waals surface area (Å²) in [6.07, 6.45) is 5.66. The molecule has 9 heteroatoms. The van der Waals surface area contributed by atoms with Gasteiger partial charge in [-0.3, -0.25) is 0 Å². The van der Waals surface area contributed by atoms with Gasteiger partial charge in [0.1, 0.15) is 5.75 Å². The number of nitrogens with zero attached hydrogens (tertiary/aromatic N) is 4. The van der Waals surface area contributed by atoms with Gasteiger partial charge in [0.25, 0.3) is 0 Å². The molecule has 174 valence electrons. The zero-order chi connectivity index (χ0) is 23.3. The number of halogens is 1. The molecule has 0 aliphatic rings. The van der Waals surface area contributed by atoms with Gasteiger partial charge in [0.2, 0.25) is 5.95 Å². The molecule has 1 unspecified atom stereocenters. The molecule has 1 atom stereocenters. The molecule has 0 radical (unpaired) electrons. The van der Waals surface area contributed by atoms with Gasteiger partial charge >= 0.3 is 0 Å². The highest BCUT2D eigenvalue weighted by atomic mass is 35.5. The van der Waals surface area contributed by atoms with Crippen LogP contribution in [0.25, 0.3) is 11.2 Å². The van der Waals surface area contributed by atoms with E-state index in [1.165, 1.54) is 0 Å². The van der Waals surface area contributed by atoms with Crippen LogP contribution in [0.1, 0.15) is 58.9 Å². The molecule has 0 bridgehead atoms. The van der Waals surface area contributed by atoms with E-state index in [1.807, 2.05) is 11.5 Å². The smallest absolute Gasteiger partial charge is 0.226 e. The largest absolute Gasteiger partial charge is 0.506 e. The van der Waals surface area contributed by atoms with Gasteiger partial charge in [0.05, 0.1) is 17.0 Å². The molecule has 2 heterocycles. The number of benzene rings is 1. The summed E-state index contributed by atoms with van der Waals surface area (Å²) in [5.41, 5.74) is 1.27. The number of hydrogen-bond acceptors (Lipinski definition) is 7. The second-order valence-corrected chi connectivity index (χ2v) is 9.28. The Labute approximate surface area is 194 Å². The van der Waals surface area contributed by atoms with E-state index in [0.29, 0.717) is 40.8 Å². The van der Waals surface area contributed by atoms with E-state index in [4.69, 9.17) is 16.6 Å². The lowest BCUT2D eigenvalue weighted by molar-refractivity contribution is 0.0672. The predicted octanol–water partition coefficient (Wildman–Crippen LogP) is 4.95. The van der Waals surface area contributed by atoms with Crippen molar-refractivity contribution in [3.05, 3.63) is 35.1 Å². The zero-order valence-electron chi connectivity index (χ0n) is 19.2. The third kappa shape index (κ3) is 6.23. The van der Waals surface area contributed by atoms with Crippen molar-refractivity contribution < 1.29 is 10.2 Å². The molecule has 0 spiro atoms. The summed E-state index contributed by atoms with van der Waals surface area (Å²) in [5.74, 6) is 1.08. The fourth-order valence-corrected chi connectivity index (χ4v) is 3.92. The van der Waals surface area contributed by atoms with Crippen molar-refractivity contribution >= 4 is 34.5 Å². The number of rotatable bonds is 11. The first-order chi connectivity index (χ1) is 15.2. The Morgan fingerprint density at radius 3 is 2.72 bits per heavy atom. The molecule has 0 saturated carbocycles. The van der Waals surface area contributed by atoms with Gasteiger partial charge in [-0.1, -0.05) is 43.5 Å². The van der Waals surface area contributed by atoms with Gasteiger partial charge in [-0.05, 0) is 39.7 Å². The maximum absolute atomic E-state index is 10.2. The van der Waals surface area contributed by atoms with Gasteiger partial charge in [-0.15, -0.1) is 0 Å². The average Bonchev–Trinajstić information content (AvgIpc) is 3.11. The lowest BCUT2D eigenvalue weighted by atomic mass is 10.0. The number of fused-ring (bicyclic) bond motifs is 1.